The Morgan fingerprint density at radius 1 is 1.03 bits per heavy atom. The van der Waals surface area contributed by atoms with E-state index in [2.05, 4.69) is 10.2 Å². The molecule has 2 aromatic carbocycles. The molecule has 0 spiro atoms. The first kappa shape index (κ1) is 19.3. The Kier molecular flexibility index (Phi) is 5.45. The highest BCUT2D eigenvalue weighted by Gasteiger charge is 2.35. The topological polar surface area (TPSA) is 61.9 Å². The summed E-state index contributed by atoms with van der Waals surface area (Å²) in [4.78, 5) is 28.6. The highest BCUT2D eigenvalue weighted by Crippen LogP contribution is 2.30. The van der Waals surface area contributed by atoms with Crippen LogP contribution >= 0.6 is 11.6 Å². The van der Waals surface area contributed by atoms with Crippen molar-refractivity contribution < 1.29 is 14.3 Å². The highest BCUT2D eigenvalue weighted by molar-refractivity contribution is 6.32. The monoisotopic (exact) mass is 411 g/mol. The summed E-state index contributed by atoms with van der Waals surface area (Å²) in [5.41, 5.74) is 2.45. The molecule has 0 bridgehead atoms. The van der Waals surface area contributed by atoms with E-state index in [-0.39, 0.29) is 5.70 Å². The molecule has 1 N–H and O–H groups in total. The summed E-state index contributed by atoms with van der Waals surface area (Å²) < 4.78 is 5.55. The SMILES string of the molecule is COc1cc(N2CCCCC2)ccc1/C=C1/NC(=O)N(c2cccc(Cl)c2)C1=O. The molecular weight excluding hydrogens is 390 g/mol. The van der Waals surface area contributed by atoms with Crippen molar-refractivity contribution in [1.82, 2.24) is 5.32 Å². The van der Waals surface area contributed by atoms with Gasteiger partial charge in [-0.3, -0.25) is 4.79 Å². The van der Waals surface area contributed by atoms with E-state index in [1.165, 1.54) is 19.3 Å². The van der Waals surface area contributed by atoms with Gasteiger partial charge in [-0.2, -0.15) is 0 Å². The average Bonchev–Trinajstić information content (AvgIpc) is 3.02. The number of methoxy groups -OCH3 is 1. The van der Waals surface area contributed by atoms with Crippen LogP contribution in [0.1, 0.15) is 24.8 Å². The van der Waals surface area contributed by atoms with Gasteiger partial charge in [-0.15, -0.1) is 0 Å². The molecule has 0 aromatic heterocycles. The maximum absolute atomic E-state index is 12.8. The third kappa shape index (κ3) is 3.93. The van der Waals surface area contributed by atoms with Crippen molar-refractivity contribution in [2.24, 2.45) is 0 Å². The van der Waals surface area contributed by atoms with E-state index < -0.39 is 11.9 Å². The molecule has 29 heavy (non-hydrogen) atoms. The van der Waals surface area contributed by atoms with Gasteiger partial charge in [0.15, 0.2) is 0 Å². The summed E-state index contributed by atoms with van der Waals surface area (Å²) in [7, 11) is 1.60. The maximum Gasteiger partial charge on any atom is 0.333 e. The minimum atomic E-state index is -0.507. The Bertz CT molecular complexity index is 983. The number of hydrogen-bond acceptors (Lipinski definition) is 4. The normalized spacial score (nSPS) is 18.3. The number of urea groups is 1. The minimum Gasteiger partial charge on any atom is -0.496 e. The van der Waals surface area contributed by atoms with Crippen LogP contribution in [0, 0.1) is 0 Å². The lowest BCUT2D eigenvalue weighted by molar-refractivity contribution is -0.113. The van der Waals surface area contributed by atoms with Crippen molar-refractivity contribution in [3.63, 3.8) is 0 Å². The molecule has 0 aliphatic carbocycles. The molecule has 2 heterocycles. The van der Waals surface area contributed by atoms with Gasteiger partial charge < -0.3 is 15.0 Å². The minimum absolute atomic E-state index is 0.194. The summed E-state index contributed by atoms with van der Waals surface area (Å²) >= 11 is 6.00. The van der Waals surface area contributed by atoms with Gasteiger partial charge in [0, 0.05) is 35.4 Å². The second-order valence-corrected chi connectivity index (χ2v) is 7.52. The van der Waals surface area contributed by atoms with Crippen molar-refractivity contribution in [3.05, 3.63) is 58.7 Å². The van der Waals surface area contributed by atoms with Crippen LogP contribution in [0.4, 0.5) is 16.2 Å². The first-order valence-corrected chi connectivity index (χ1v) is 10.0. The van der Waals surface area contributed by atoms with Crippen molar-refractivity contribution >= 4 is 41.0 Å². The predicted octanol–water partition coefficient (Wildman–Crippen LogP) is 4.44. The Morgan fingerprint density at radius 3 is 2.55 bits per heavy atom. The average molecular weight is 412 g/mol. The first-order chi connectivity index (χ1) is 14.1. The number of imide groups is 1. The quantitative estimate of drug-likeness (QED) is 0.597. The third-order valence-corrected chi connectivity index (χ3v) is 5.42. The number of rotatable bonds is 4. The van der Waals surface area contributed by atoms with Crippen LogP contribution in [-0.4, -0.2) is 32.1 Å². The molecular formula is C22H22ClN3O3. The second kappa shape index (κ2) is 8.17. The Labute approximate surface area is 174 Å². The van der Waals surface area contributed by atoms with E-state index in [1.54, 1.807) is 37.5 Å². The summed E-state index contributed by atoms with van der Waals surface area (Å²) in [6.07, 6.45) is 5.29. The number of anilines is 2. The van der Waals surface area contributed by atoms with Gasteiger partial charge in [-0.05, 0) is 55.7 Å². The number of carbonyl (C=O) groups is 2. The Hall–Kier alpha value is -2.99. The fraction of sp³-hybridized carbons (Fsp3) is 0.273. The van der Waals surface area contributed by atoms with Crippen LogP contribution in [0.3, 0.4) is 0 Å². The molecule has 0 unspecified atom stereocenters. The van der Waals surface area contributed by atoms with E-state index in [9.17, 15) is 9.59 Å². The van der Waals surface area contributed by atoms with E-state index in [0.717, 1.165) is 29.2 Å². The molecule has 4 rings (SSSR count). The van der Waals surface area contributed by atoms with Gasteiger partial charge in [0.1, 0.15) is 11.4 Å². The number of amides is 3. The van der Waals surface area contributed by atoms with Crippen LogP contribution in [-0.2, 0) is 4.79 Å². The van der Waals surface area contributed by atoms with Crippen molar-refractivity contribution in [2.45, 2.75) is 19.3 Å². The van der Waals surface area contributed by atoms with Gasteiger partial charge in [-0.25, -0.2) is 9.69 Å². The first-order valence-electron chi connectivity index (χ1n) is 9.62. The summed E-state index contributed by atoms with van der Waals surface area (Å²) in [6.45, 7) is 2.07. The molecule has 0 radical (unpaired) electrons. The number of nitrogens with one attached hydrogen (secondary N) is 1. The molecule has 2 aromatic rings. The molecule has 7 heteroatoms. The van der Waals surface area contributed by atoms with Gasteiger partial charge in [0.2, 0.25) is 0 Å². The zero-order valence-electron chi connectivity index (χ0n) is 16.2. The standard InChI is InChI=1S/C22H22ClN3O3/c1-29-20-14-17(25-10-3-2-4-11-25)9-8-15(20)12-19-21(27)26(22(28)24-19)18-7-5-6-16(23)13-18/h5-9,12-14H,2-4,10-11H2,1H3,(H,24,28)/b19-12+. The molecule has 2 fully saturated rings. The smallest absolute Gasteiger partial charge is 0.333 e. The summed E-state index contributed by atoms with van der Waals surface area (Å²) in [5, 5.41) is 3.09. The van der Waals surface area contributed by atoms with E-state index in [4.69, 9.17) is 16.3 Å². The van der Waals surface area contributed by atoms with Crippen LogP contribution in [0.2, 0.25) is 5.02 Å². The lowest BCUT2D eigenvalue weighted by Gasteiger charge is -2.29. The number of halogens is 1. The highest BCUT2D eigenvalue weighted by atomic mass is 35.5. The van der Waals surface area contributed by atoms with Crippen molar-refractivity contribution in [3.8, 4) is 5.75 Å². The van der Waals surface area contributed by atoms with Gasteiger partial charge in [-0.1, -0.05) is 17.7 Å². The zero-order valence-corrected chi connectivity index (χ0v) is 16.9. The van der Waals surface area contributed by atoms with Crippen LogP contribution in [0.25, 0.3) is 6.08 Å². The van der Waals surface area contributed by atoms with Gasteiger partial charge in [0.05, 0.1) is 12.8 Å². The van der Waals surface area contributed by atoms with Crippen molar-refractivity contribution in [1.29, 1.82) is 0 Å². The predicted molar refractivity (Wildman–Crippen MR) is 115 cm³/mol. The molecule has 6 nitrogen and oxygen atoms in total. The number of hydrogen-bond donors (Lipinski definition) is 1. The number of piperidine rings is 1. The largest absolute Gasteiger partial charge is 0.496 e. The van der Waals surface area contributed by atoms with Crippen LogP contribution < -0.4 is 19.9 Å². The molecule has 3 amide bonds. The zero-order chi connectivity index (χ0) is 20.4. The number of carbonyl (C=O) groups excluding carboxylic acids is 2. The van der Waals surface area contributed by atoms with Gasteiger partial charge >= 0.3 is 6.03 Å². The van der Waals surface area contributed by atoms with E-state index >= 15 is 0 Å². The third-order valence-electron chi connectivity index (χ3n) is 5.18. The van der Waals surface area contributed by atoms with Crippen molar-refractivity contribution in [2.75, 3.05) is 30.0 Å². The van der Waals surface area contributed by atoms with Crippen LogP contribution in [0.15, 0.2) is 48.2 Å². The molecule has 0 atom stereocenters. The molecule has 2 aliphatic heterocycles. The molecule has 0 saturated carbocycles. The van der Waals surface area contributed by atoms with E-state index in [1.807, 2.05) is 18.2 Å². The Morgan fingerprint density at radius 2 is 1.83 bits per heavy atom. The van der Waals surface area contributed by atoms with E-state index in [0.29, 0.717) is 16.5 Å². The summed E-state index contributed by atoms with van der Waals surface area (Å²) in [6, 6.07) is 12.0. The second-order valence-electron chi connectivity index (χ2n) is 7.08. The number of benzene rings is 2. The fourth-order valence-corrected chi connectivity index (χ4v) is 3.89. The lowest BCUT2D eigenvalue weighted by Crippen LogP contribution is -2.30. The Balaban J connectivity index is 1.62. The summed E-state index contributed by atoms with van der Waals surface area (Å²) in [5.74, 6) is 0.225. The van der Waals surface area contributed by atoms with Crippen LogP contribution in [0.5, 0.6) is 5.75 Å². The fourth-order valence-electron chi connectivity index (χ4n) is 3.71. The molecule has 150 valence electrons. The molecule has 2 saturated heterocycles. The number of ether oxygens (including phenoxy) is 1. The molecule has 2 aliphatic rings. The lowest BCUT2D eigenvalue weighted by atomic mass is 10.1. The number of nitrogens with zero attached hydrogens (tertiary/aromatic N) is 2. The maximum atomic E-state index is 12.8. The van der Waals surface area contributed by atoms with Gasteiger partial charge in [0.25, 0.3) is 5.91 Å².